The second kappa shape index (κ2) is 5.61. The van der Waals surface area contributed by atoms with Gasteiger partial charge >= 0.3 is 0 Å². The van der Waals surface area contributed by atoms with Crippen LogP contribution in [0.5, 0.6) is 0 Å². The van der Waals surface area contributed by atoms with E-state index in [-0.39, 0.29) is 5.91 Å². The third kappa shape index (κ3) is 2.94. The molecule has 0 bridgehead atoms. The monoisotopic (exact) mass is 307 g/mol. The zero-order chi connectivity index (χ0) is 16.6. The molecular formula is C18H17N3O2. The van der Waals surface area contributed by atoms with Crippen LogP contribution in [0.25, 0.3) is 10.9 Å². The zero-order valence-electron chi connectivity index (χ0n) is 12.9. The van der Waals surface area contributed by atoms with Crippen molar-refractivity contribution < 1.29 is 9.59 Å². The van der Waals surface area contributed by atoms with E-state index in [0.29, 0.717) is 16.9 Å². The molecule has 0 fully saturated rings. The van der Waals surface area contributed by atoms with Crippen molar-refractivity contribution in [2.24, 2.45) is 5.73 Å². The number of aromatic nitrogens is 1. The maximum atomic E-state index is 12.4. The summed E-state index contributed by atoms with van der Waals surface area (Å²) < 4.78 is 0. The average molecular weight is 307 g/mol. The van der Waals surface area contributed by atoms with Gasteiger partial charge in [-0.1, -0.05) is 6.07 Å². The first-order valence-corrected chi connectivity index (χ1v) is 7.25. The molecule has 1 heterocycles. The van der Waals surface area contributed by atoms with Crippen molar-refractivity contribution in [2.75, 3.05) is 5.32 Å². The van der Waals surface area contributed by atoms with E-state index in [9.17, 15) is 9.59 Å². The van der Waals surface area contributed by atoms with Crippen LogP contribution in [0.4, 0.5) is 5.69 Å². The zero-order valence-corrected chi connectivity index (χ0v) is 12.9. The quantitative estimate of drug-likeness (QED) is 0.694. The van der Waals surface area contributed by atoms with E-state index in [2.05, 4.69) is 16.4 Å². The minimum Gasteiger partial charge on any atom is -0.366 e. The Labute approximate surface area is 133 Å². The SMILES string of the molecule is Cc1cc(C)c2cc(C(=O)Nc3ccc(C(N)=O)cc3)[nH]c2c1. The highest BCUT2D eigenvalue weighted by Gasteiger charge is 2.11. The van der Waals surface area contributed by atoms with Crippen LogP contribution in [0.2, 0.25) is 0 Å². The number of hydrogen-bond acceptors (Lipinski definition) is 2. The van der Waals surface area contributed by atoms with Crippen molar-refractivity contribution in [1.82, 2.24) is 4.98 Å². The van der Waals surface area contributed by atoms with Crippen LogP contribution in [0.15, 0.2) is 42.5 Å². The van der Waals surface area contributed by atoms with Crippen molar-refractivity contribution in [2.45, 2.75) is 13.8 Å². The van der Waals surface area contributed by atoms with E-state index >= 15 is 0 Å². The predicted octanol–water partition coefficient (Wildman–Crippen LogP) is 3.14. The van der Waals surface area contributed by atoms with Gasteiger partial charge in [0, 0.05) is 22.2 Å². The Morgan fingerprint density at radius 2 is 1.74 bits per heavy atom. The van der Waals surface area contributed by atoms with Gasteiger partial charge in [-0.05, 0) is 61.4 Å². The van der Waals surface area contributed by atoms with E-state index in [1.807, 2.05) is 26.0 Å². The lowest BCUT2D eigenvalue weighted by Crippen LogP contribution is -2.13. The molecule has 0 aliphatic carbocycles. The summed E-state index contributed by atoms with van der Waals surface area (Å²) in [6, 6.07) is 12.4. The number of aryl methyl sites for hydroxylation is 2. The first kappa shape index (κ1) is 14.8. The number of hydrogen-bond donors (Lipinski definition) is 3. The van der Waals surface area contributed by atoms with Crippen molar-refractivity contribution in [3.8, 4) is 0 Å². The highest BCUT2D eigenvalue weighted by atomic mass is 16.2. The summed E-state index contributed by atoms with van der Waals surface area (Å²) in [5.41, 5.74) is 9.91. The van der Waals surface area contributed by atoms with Crippen LogP contribution >= 0.6 is 0 Å². The van der Waals surface area contributed by atoms with Crippen molar-refractivity contribution in [3.63, 3.8) is 0 Å². The maximum Gasteiger partial charge on any atom is 0.272 e. The van der Waals surface area contributed by atoms with Gasteiger partial charge in [0.05, 0.1) is 0 Å². The molecule has 0 unspecified atom stereocenters. The van der Waals surface area contributed by atoms with Gasteiger partial charge in [0.2, 0.25) is 5.91 Å². The normalized spacial score (nSPS) is 10.7. The highest BCUT2D eigenvalue weighted by molar-refractivity contribution is 6.06. The second-order valence-electron chi connectivity index (χ2n) is 5.62. The third-order valence-corrected chi connectivity index (χ3v) is 3.76. The minimum absolute atomic E-state index is 0.231. The fourth-order valence-electron chi connectivity index (χ4n) is 2.64. The molecule has 3 aromatic rings. The van der Waals surface area contributed by atoms with Crippen LogP contribution in [0.3, 0.4) is 0 Å². The number of amides is 2. The number of rotatable bonds is 3. The van der Waals surface area contributed by atoms with Crippen molar-refractivity contribution in [3.05, 3.63) is 64.8 Å². The molecular weight excluding hydrogens is 290 g/mol. The minimum atomic E-state index is -0.496. The molecule has 5 heteroatoms. The number of fused-ring (bicyclic) bond motifs is 1. The first-order valence-electron chi connectivity index (χ1n) is 7.25. The van der Waals surface area contributed by atoms with E-state index in [4.69, 9.17) is 5.73 Å². The number of primary amides is 1. The lowest BCUT2D eigenvalue weighted by Gasteiger charge is -2.04. The number of carbonyl (C=O) groups excluding carboxylic acids is 2. The lowest BCUT2D eigenvalue weighted by molar-refractivity contribution is 0.0998. The number of nitrogens with two attached hydrogens (primary N) is 1. The Balaban J connectivity index is 1.85. The van der Waals surface area contributed by atoms with Crippen molar-refractivity contribution in [1.29, 1.82) is 0 Å². The smallest absolute Gasteiger partial charge is 0.272 e. The molecule has 2 aromatic carbocycles. The molecule has 1 aromatic heterocycles. The molecule has 0 aliphatic heterocycles. The first-order chi connectivity index (χ1) is 10.9. The van der Waals surface area contributed by atoms with Crippen LogP contribution in [0, 0.1) is 13.8 Å². The van der Waals surface area contributed by atoms with Crippen LogP contribution in [0.1, 0.15) is 32.0 Å². The van der Waals surface area contributed by atoms with Crippen LogP contribution in [-0.2, 0) is 0 Å². The molecule has 0 saturated carbocycles. The highest BCUT2D eigenvalue weighted by Crippen LogP contribution is 2.22. The van der Waals surface area contributed by atoms with E-state index < -0.39 is 5.91 Å². The average Bonchev–Trinajstić information content (AvgIpc) is 2.92. The van der Waals surface area contributed by atoms with Gasteiger partial charge in [-0.2, -0.15) is 0 Å². The molecule has 0 spiro atoms. The molecule has 0 radical (unpaired) electrons. The molecule has 116 valence electrons. The van der Waals surface area contributed by atoms with Crippen LogP contribution in [-0.4, -0.2) is 16.8 Å². The van der Waals surface area contributed by atoms with Gasteiger partial charge in [-0.15, -0.1) is 0 Å². The number of anilines is 1. The summed E-state index contributed by atoms with van der Waals surface area (Å²) in [4.78, 5) is 26.6. The summed E-state index contributed by atoms with van der Waals surface area (Å²) in [6.07, 6.45) is 0. The molecule has 2 amide bonds. The summed E-state index contributed by atoms with van der Waals surface area (Å²) in [6.45, 7) is 4.04. The summed E-state index contributed by atoms with van der Waals surface area (Å²) in [5.74, 6) is -0.727. The largest absolute Gasteiger partial charge is 0.366 e. The summed E-state index contributed by atoms with van der Waals surface area (Å²) >= 11 is 0. The van der Waals surface area contributed by atoms with E-state index in [0.717, 1.165) is 22.0 Å². The number of benzene rings is 2. The fraction of sp³-hybridized carbons (Fsp3) is 0.111. The van der Waals surface area contributed by atoms with Gasteiger partial charge in [0.25, 0.3) is 5.91 Å². The number of aromatic amines is 1. The molecule has 4 N–H and O–H groups in total. The summed E-state index contributed by atoms with van der Waals surface area (Å²) in [7, 11) is 0. The van der Waals surface area contributed by atoms with Gasteiger partial charge in [0.1, 0.15) is 5.69 Å². The lowest BCUT2D eigenvalue weighted by atomic mass is 10.1. The molecule has 23 heavy (non-hydrogen) atoms. The Morgan fingerprint density at radius 3 is 2.39 bits per heavy atom. The van der Waals surface area contributed by atoms with E-state index in [1.54, 1.807) is 24.3 Å². The van der Waals surface area contributed by atoms with Crippen molar-refractivity contribution >= 4 is 28.4 Å². The maximum absolute atomic E-state index is 12.4. The number of nitrogens with one attached hydrogen (secondary N) is 2. The Hall–Kier alpha value is -3.08. The van der Waals surface area contributed by atoms with Gasteiger partial charge < -0.3 is 16.0 Å². The third-order valence-electron chi connectivity index (χ3n) is 3.76. The number of carbonyl (C=O) groups is 2. The molecule has 0 atom stereocenters. The standard InChI is InChI=1S/C18H17N3O2/c1-10-7-11(2)14-9-16(21-15(14)8-10)18(23)20-13-5-3-12(4-6-13)17(19)22/h3-9,21H,1-2H3,(H2,19,22)(H,20,23). The molecule has 0 aliphatic rings. The van der Waals surface area contributed by atoms with Gasteiger partial charge in [0.15, 0.2) is 0 Å². The number of H-pyrrole nitrogens is 1. The Morgan fingerprint density at radius 1 is 1.04 bits per heavy atom. The van der Waals surface area contributed by atoms with Gasteiger partial charge in [-0.3, -0.25) is 9.59 Å². The molecule has 0 saturated heterocycles. The predicted molar refractivity (Wildman–Crippen MR) is 90.7 cm³/mol. The molecule has 5 nitrogen and oxygen atoms in total. The molecule has 3 rings (SSSR count). The Kier molecular flexibility index (Phi) is 3.62. The van der Waals surface area contributed by atoms with E-state index in [1.165, 1.54) is 0 Å². The fourth-order valence-corrected chi connectivity index (χ4v) is 2.64. The Bertz CT molecular complexity index is 908. The second-order valence-corrected chi connectivity index (χ2v) is 5.62. The topological polar surface area (TPSA) is 88.0 Å². The van der Waals surface area contributed by atoms with Crippen LogP contribution < -0.4 is 11.1 Å². The van der Waals surface area contributed by atoms with Gasteiger partial charge in [-0.25, -0.2) is 0 Å². The summed E-state index contributed by atoms with van der Waals surface area (Å²) in [5, 5.41) is 3.83.